The molecule has 0 bridgehead atoms. The molecule has 0 saturated carbocycles. The van der Waals surface area contributed by atoms with Crippen LogP contribution >= 0.6 is 0 Å². The Morgan fingerprint density at radius 3 is 1.80 bits per heavy atom. The number of hydrogen-bond acceptors (Lipinski definition) is 4. The Morgan fingerprint density at radius 2 is 1.23 bits per heavy atom. The third kappa shape index (κ3) is 3.71. The van der Waals surface area contributed by atoms with Crippen LogP contribution in [0.4, 0.5) is 0 Å². The Balaban J connectivity index is 1.91. The average Bonchev–Trinajstić information content (AvgIpc) is 2.78. The first kappa shape index (κ1) is 19.1. The maximum absolute atomic E-state index is 13.2. The predicted octanol–water partition coefficient (Wildman–Crippen LogP) is 3.31. The zero-order valence-corrected chi connectivity index (χ0v) is 16.1. The summed E-state index contributed by atoms with van der Waals surface area (Å²) in [5.41, 5.74) is 0.478. The molecule has 0 spiro atoms. The monoisotopic (exact) mass is 397 g/mol. The third-order valence-corrected chi connectivity index (χ3v) is 4.63. The molecule has 0 unspecified atom stereocenters. The molecular formula is C24H19N3O3. The van der Waals surface area contributed by atoms with Crippen LogP contribution in [0.2, 0.25) is 0 Å². The van der Waals surface area contributed by atoms with Gasteiger partial charge in [0.05, 0.1) is 17.9 Å². The SMILES string of the molecule is O=c1c(C=NCc2ccccc2)c(O)n(-c2ccccc2)c(=O)n1-c1ccccc1. The van der Waals surface area contributed by atoms with E-state index in [0.29, 0.717) is 17.9 Å². The molecule has 148 valence electrons. The molecule has 0 fully saturated rings. The van der Waals surface area contributed by atoms with E-state index in [1.54, 1.807) is 60.7 Å². The smallest absolute Gasteiger partial charge is 0.343 e. The van der Waals surface area contributed by atoms with Crippen molar-refractivity contribution in [1.29, 1.82) is 0 Å². The fourth-order valence-electron chi connectivity index (χ4n) is 3.17. The summed E-state index contributed by atoms with van der Waals surface area (Å²) >= 11 is 0. The molecule has 4 aromatic rings. The standard InChI is InChI=1S/C24H19N3O3/c28-22-21(17-25-16-18-10-4-1-5-11-18)23(29)27(20-14-8-3-9-15-20)24(30)26(22)19-12-6-2-7-13-19/h1-15,17,28H,16H2. The molecular weight excluding hydrogens is 378 g/mol. The van der Waals surface area contributed by atoms with Crippen molar-refractivity contribution in [1.82, 2.24) is 9.13 Å². The van der Waals surface area contributed by atoms with E-state index in [0.717, 1.165) is 14.7 Å². The molecule has 1 N–H and O–H groups in total. The van der Waals surface area contributed by atoms with Crippen LogP contribution in [0.3, 0.4) is 0 Å². The van der Waals surface area contributed by atoms with Gasteiger partial charge in [0.25, 0.3) is 5.56 Å². The zero-order valence-electron chi connectivity index (χ0n) is 16.1. The highest BCUT2D eigenvalue weighted by atomic mass is 16.3. The summed E-state index contributed by atoms with van der Waals surface area (Å²) in [6.45, 7) is 0.343. The fourth-order valence-corrected chi connectivity index (χ4v) is 3.17. The molecule has 0 aliphatic carbocycles. The quantitative estimate of drug-likeness (QED) is 0.525. The van der Waals surface area contributed by atoms with E-state index >= 15 is 0 Å². The van der Waals surface area contributed by atoms with Gasteiger partial charge < -0.3 is 5.11 Å². The van der Waals surface area contributed by atoms with E-state index in [-0.39, 0.29) is 5.56 Å². The van der Waals surface area contributed by atoms with Crippen LogP contribution < -0.4 is 11.2 Å². The van der Waals surface area contributed by atoms with E-state index in [1.165, 1.54) is 6.21 Å². The van der Waals surface area contributed by atoms with Crippen molar-refractivity contribution >= 4 is 6.21 Å². The second-order valence-electron chi connectivity index (χ2n) is 6.62. The zero-order chi connectivity index (χ0) is 20.9. The van der Waals surface area contributed by atoms with Gasteiger partial charge in [-0.05, 0) is 29.8 Å². The Labute approximate surface area is 172 Å². The van der Waals surface area contributed by atoms with E-state index in [4.69, 9.17) is 0 Å². The van der Waals surface area contributed by atoms with Crippen LogP contribution in [-0.2, 0) is 6.54 Å². The Bertz CT molecular complexity index is 1290. The topological polar surface area (TPSA) is 76.6 Å². The summed E-state index contributed by atoms with van der Waals surface area (Å²) in [6, 6.07) is 26.9. The second kappa shape index (κ2) is 8.45. The summed E-state index contributed by atoms with van der Waals surface area (Å²) < 4.78 is 2.15. The maximum Gasteiger partial charge on any atom is 0.343 e. The van der Waals surface area contributed by atoms with Gasteiger partial charge >= 0.3 is 5.69 Å². The van der Waals surface area contributed by atoms with Gasteiger partial charge in [-0.25, -0.2) is 13.9 Å². The molecule has 4 rings (SSSR count). The molecule has 0 radical (unpaired) electrons. The number of benzene rings is 3. The van der Waals surface area contributed by atoms with Crippen LogP contribution in [0.5, 0.6) is 5.88 Å². The van der Waals surface area contributed by atoms with Crippen LogP contribution in [0.25, 0.3) is 11.4 Å². The second-order valence-corrected chi connectivity index (χ2v) is 6.62. The molecule has 3 aromatic carbocycles. The lowest BCUT2D eigenvalue weighted by atomic mass is 10.2. The lowest BCUT2D eigenvalue weighted by Gasteiger charge is -2.14. The molecule has 1 aromatic heterocycles. The molecule has 0 aliphatic heterocycles. The van der Waals surface area contributed by atoms with Crippen molar-refractivity contribution in [2.24, 2.45) is 4.99 Å². The molecule has 0 atom stereocenters. The summed E-state index contributed by atoms with van der Waals surface area (Å²) in [5.74, 6) is -0.444. The van der Waals surface area contributed by atoms with E-state index in [2.05, 4.69) is 4.99 Å². The minimum absolute atomic E-state index is 0.0572. The van der Waals surface area contributed by atoms with Gasteiger partial charge in [0.2, 0.25) is 5.88 Å². The van der Waals surface area contributed by atoms with Gasteiger partial charge in [0.1, 0.15) is 5.56 Å². The van der Waals surface area contributed by atoms with Crippen LogP contribution in [0, 0.1) is 0 Å². The van der Waals surface area contributed by atoms with Crippen molar-refractivity contribution in [2.45, 2.75) is 6.54 Å². The largest absolute Gasteiger partial charge is 0.493 e. The Morgan fingerprint density at radius 1 is 0.733 bits per heavy atom. The Kier molecular flexibility index (Phi) is 5.39. The predicted molar refractivity (Wildman–Crippen MR) is 117 cm³/mol. The van der Waals surface area contributed by atoms with Gasteiger partial charge in [-0.15, -0.1) is 0 Å². The molecule has 0 aliphatic rings. The molecule has 6 nitrogen and oxygen atoms in total. The van der Waals surface area contributed by atoms with Crippen LogP contribution in [-0.4, -0.2) is 20.5 Å². The van der Waals surface area contributed by atoms with Crippen molar-refractivity contribution in [3.63, 3.8) is 0 Å². The number of aliphatic imine (C=N–C) groups is 1. The van der Waals surface area contributed by atoms with Gasteiger partial charge in [-0.2, -0.15) is 0 Å². The summed E-state index contributed by atoms with van der Waals surface area (Å²) in [7, 11) is 0. The summed E-state index contributed by atoms with van der Waals surface area (Å²) in [5, 5.41) is 10.8. The maximum atomic E-state index is 13.2. The highest BCUT2D eigenvalue weighted by molar-refractivity contribution is 5.82. The molecule has 0 saturated heterocycles. The fraction of sp³-hybridized carbons (Fsp3) is 0.0417. The molecule has 6 heteroatoms. The minimum atomic E-state index is -0.657. The van der Waals surface area contributed by atoms with Crippen molar-refractivity contribution < 1.29 is 5.11 Å². The first-order valence-electron chi connectivity index (χ1n) is 9.42. The highest BCUT2D eigenvalue weighted by Crippen LogP contribution is 2.17. The number of nitrogens with zero attached hydrogens (tertiary/aromatic N) is 3. The number of para-hydroxylation sites is 2. The highest BCUT2D eigenvalue weighted by Gasteiger charge is 2.19. The molecule has 0 amide bonds. The Hall–Kier alpha value is -4.19. The lowest BCUT2D eigenvalue weighted by molar-refractivity contribution is 0.427. The van der Waals surface area contributed by atoms with Gasteiger partial charge in [-0.3, -0.25) is 9.79 Å². The minimum Gasteiger partial charge on any atom is -0.493 e. The number of hydrogen-bond donors (Lipinski definition) is 1. The van der Waals surface area contributed by atoms with Gasteiger partial charge in [0.15, 0.2) is 0 Å². The normalized spacial score (nSPS) is 11.1. The van der Waals surface area contributed by atoms with Crippen molar-refractivity contribution in [2.75, 3.05) is 0 Å². The van der Waals surface area contributed by atoms with E-state index in [1.807, 2.05) is 30.3 Å². The first-order chi connectivity index (χ1) is 14.7. The van der Waals surface area contributed by atoms with Gasteiger partial charge in [0, 0.05) is 6.21 Å². The number of aromatic hydroxyl groups is 1. The van der Waals surface area contributed by atoms with Crippen LogP contribution in [0.1, 0.15) is 11.1 Å². The summed E-state index contributed by atoms with van der Waals surface area (Å²) in [6.07, 6.45) is 1.32. The van der Waals surface area contributed by atoms with Crippen molar-refractivity contribution in [3.8, 4) is 17.3 Å². The van der Waals surface area contributed by atoms with Crippen LogP contribution in [0.15, 0.2) is 106 Å². The van der Waals surface area contributed by atoms with Gasteiger partial charge in [-0.1, -0.05) is 66.7 Å². The molecule has 1 heterocycles. The molecule has 30 heavy (non-hydrogen) atoms. The summed E-state index contributed by atoms with van der Waals surface area (Å²) in [4.78, 5) is 30.6. The van der Waals surface area contributed by atoms with E-state index < -0.39 is 17.1 Å². The number of aromatic nitrogens is 2. The lowest BCUT2D eigenvalue weighted by Crippen LogP contribution is -2.40. The number of rotatable bonds is 5. The average molecular weight is 397 g/mol. The van der Waals surface area contributed by atoms with Crippen molar-refractivity contribution in [3.05, 3.63) is 123 Å². The first-order valence-corrected chi connectivity index (χ1v) is 9.42. The van der Waals surface area contributed by atoms with E-state index in [9.17, 15) is 14.7 Å². The third-order valence-electron chi connectivity index (χ3n) is 4.63.